The summed E-state index contributed by atoms with van der Waals surface area (Å²) in [4.78, 5) is 0. The maximum Gasteiger partial charge on any atom is -0.00238 e. The van der Waals surface area contributed by atoms with Gasteiger partial charge in [0.15, 0.2) is 0 Å². The highest BCUT2D eigenvalue weighted by atomic mass is 14.2. The minimum atomic E-state index is 1.09. The van der Waals surface area contributed by atoms with E-state index in [-0.39, 0.29) is 0 Å². The van der Waals surface area contributed by atoms with Crippen molar-refractivity contribution in [3.8, 4) is 0 Å². The van der Waals surface area contributed by atoms with Crippen LogP contribution in [-0.4, -0.2) is 0 Å². The number of aryl methyl sites for hydroxylation is 2. The summed E-state index contributed by atoms with van der Waals surface area (Å²) in [6.45, 7) is 4.49. The van der Waals surface area contributed by atoms with E-state index in [9.17, 15) is 0 Å². The van der Waals surface area contributed by atoms with Gasteiger partial charge in [-0.05, 0) is 56.3 Å². The molecule has 20 heavy (non-hydrogen) atoms. The molecular formula is C20H18. The molecule has 0 aliphatic heterocycles. The van der Waals surface area contributed by atoms with E-state index < -0.39 is 0 Å². The monoisotopic (exact) mass is 258 g/mol. The summed E-state index contributed by atoms with van der Waals surface area (Å²) in [5.41, 5.74) is 2.92. The fourth-order valence-electron chi connectivity index (χ4n) is 3.59. The number of hydrogen-bond donors (Lipinski definition) is 0. The molecule has 0 aliphatic rings. The minimum absolute atomic E-state index is 1.09. The van der Waals surface area contributed by atoms with Crippen molar-refractivity contribution in [2.24, 2.45) is 0 Å². The summed E-state index contributed by atoms with van der Waals surface area (Å²) in [6.07, 6.45) is 2.18. The Balaban J connectivity index is 2.38. The highest BCUT2D eigenvalue weighted by Gasteiger charge is 2.12. The first-order chi connectivity index (χ1) is 9.83. The summed E-state index contributed by atoms with van der Waals surface area (Å²) in [6, 6.07) is 18.2. The predicted octanol–water partition coefficient (Wildman–Crippen LogP) is 5.71. The van der Waals surface area contributed by atoms with Crippen LogP contribution in [0.3, 0.4) is 0 Å². The van der Waals surface area contributed by atoms with E-state index in [4.69, 9.17) is 0 Å². The molecule has 0 spiro atoms. The highest BCUT2D eigenvalue weighted by molar-refractivity contribution is 6.24. The van der Waals surface area contributed by atoms with Crippen molar-refractivity contribution < 1.29 is 0 Å². The number of benzene rings is 4. The van der Waals surface area contributed by atoms with E-state index in [0.29, 0.717) is 0 Å². The van der Waals surface area contributed by atoms with Gasteiger partial charge in [0.2, 0.25) is 0 Å². The molecule has 0 unspecified atom stereocenters. The first kappa shape index (κ1) is 11.7. The van der Waals surface area contributed by atoms with Gasteiger partial charge < -0.3 is 0 Å². The zero-order chi connectivity index (χ0) is 13.7. The number of hydrogen-bond acceptors (Lipinski definition) is 0. The van der Waals surface area contributed by atoms with Gasteiger partial charge in [-0.1, -0.05) is 62.4 Å². The summed E-state index contributed by atoms with van der Waals surface area (Å²) in [5, 5.41) is 8.54. The van der Waals surface area contributed by atoms with Gasteiger partial charge in [0.05, 0.1) is 0 Å². The molecule has 4 aromatic rings. The van der Waals surface area contributed by atoms with E-state index in [1.807, 2.05) is 0 Å². The smallest absolute Gasteiger partial charge is 0.00238 e. The Labute approximate surface area is 119 Å². The van der Waals surface area contributed by atoms with E-state index in [0.717, 1.165) is 12.8 Å². The van der Waals surface area contributed by atoms with Gasteiger partial charge in [-0.15, -0.1) is 0 Å². The normalized spacial score (nSPS) is 11.9. The Morgan fingerprint density at radius 3 is 1.50 bits per heavy atom. The molecule has 0 bridgehead atoms. The van der Waals surface area contributed by atoms with Crippen molar-refractivity contribution in [3.05, 3.63) is 59.7 Å². The second kappa shape index (κ2) is 4.21. The van der Waals surface area contributed by atoms with Crippen LogP contribution in [0.4, 0.5) is 0 Å². The van der Waals surface area contributed by atoms with Crippen LogP contribution in [0.1, 0.15) is 25.0 Å². The Hall–Kier alpha value is -2.08. The zero-order valence-corrected chi connectivity index (χ0v) is 12.0. The average Bonchev–Trinajstić information content (AvgIpc) is 2.51. The van der Waals surface area contributed by atoms with Crippen LogP contribution < -0.4 is 0 Å². The molecule has 0 fully saturated rings. The Morgan fingerprint density at radius 1 is 0.650 bits per heavy atom. The molecule has 0 amide bonds. The van der Waals surface area contributed by atoms with Gasteiger partial charge in [0.1, 0.15) is 0 Å². The molecule has 4 aromatic carbocycles. The molecule has 0 nitrogen and oxygen atoms in total. The Morgan fingerprint density at radius 2 is 1.10 bits per heavy atom. The molecular weight excluding hydrogens is 240 g/mol. The lowest BCUT2D eigenvalue weighted by Gasteiger charge is -2.16. The maximum atomic E-state index is 2.38. The summed E-state index contributed by atoms with van der Waals surface area (Å²) in [7, 11) is 0. The van der Waals surface area contributed by atoms with Gasteiger partial charge in [-0.3, -0.25) is 0 Å². The lowest BCUT2D eigenvalue weighted by Crippen LogP contribution is -1.92. The van der Waals surface area contributed by atoms with Crippen LogP contribution >= 0.6 is 0 Å². The minimum Gasteiger partial charge on any atom is -0.0613 e. The van der Waals surface area contributed by atoms with Crippen LogP contribution in [-0.2, 0) is 12.8 Å². The second-order valence-electron chi connectivity index (χ2n) is 5.59. The van der Waals surface area contributed by atoms with Crippen molar-refractivity contribution in [3.63, 3.8) is 0 Å². The van der Waals surface area contributed by atoms with Gasteiger partial charge in [-0.25, -0.2) is 0 Å². The Kier molecular flexibility index (Phi) is 2.47. The predicted molar refractivity (Wildman–Crippen MR) is 88.9 cm³/mol. The van der Waals surface area contributed by atoms with E-state index in [1.165, 1.54) is 43.4 Å². The molecule has 0 saturated heterocycles. The van der Waals surface area contributed by atoms with E-state index in [2.05, 4.69) is 62.4 Å². The van der Waals surface area contributed by atoms with Gasteiger partial charge in [0, 0.05) is 0 Å². The van der Waals surface area contributed by atoms with Crippen molar-refractivity contribution in [2.75, 3.05) is 0 Å². The average molecular weight is 258 g/mol. The molecule has 98 valence electrons. The van der Waals surface area contributed by atoms with Crippen molar-refractivity contribution in [1.29, 1.82) is 0 Å². The molecule has 0 saturated carbocycles. The van der Waals surface area contributed by atoms with Gasteiger partial charge in [-0.2, -0.15) is 0 Å². The summed E-state index contributed by atoms with van der Waals surface area (Å²) < 4.78 is 0. The fraction of sp³-hybridized carbons (Fsp3) is 0.200. The third-order valence-electron chi connectivity index (χ3n) is 4.56. The Bertz CT molecular complexity index is 838. The SMILES string of the molecule is CCc1cc2cccc3c(CC)cc4cccc1c4c23. The molecule has 0 N–H and O–H groups in total. The van der Waals surface area contributed by atoms with Crippen molar-refractivity contribution in [1.82, 2.24) is 0 Å². The molecule has 0 aromatic heterocycles. The molecule has 0 heteroatoms. The first-order valence-corrected chi connectivity index (χ1v) is 7.51. The fourth-order valence-corrected chi connectivity index (χ4v) is 3.59. The largest absolute Gasteiger partial charge is 0.0613 e. The van der Waals surface area contributed by atoms with Gasteiger partial charge in [0.25, 0.3) is 0 Å². The van der Waals surface area contributed by atoms with Crippen LogP contribution in [0.25, 0.3) is 32.3 Å². The van der Waals surface area contributed by atoms with E-state index >= 15 is 0 Å². The summed E-state index contributed by atoms with van der Waals surface area (Å²) in [5.74, 6) is 0. The highest BCUT2D eigenvalue weighted by Crippen LogP contribution is 2.38. The molecule has 0 atom stereocenters. The third-order valence-corrected chi connectivity index (χ3v) is 4.56. The molecule has 0 heterocycles. The third kappa shape index (κ3) is 1.42. The zero-order valence-electron chi connectivity index (χ0n) is 12.0. The quantitative estimate of drug-likeness (QED) is 0.404. The second-order valence-corrected chi connectivity index (χ2v) is 5.59. The molecule has 0 radical (unpaired) electrons. The first-order valence-electron chi connectivity index (χ1n) is 7.51. The van der Waals surface area contributed by atoms with Crippen LogP contribution in [0.15, 0.2) is 48.5 Å². The van der Waals surface area contributed by atoms with Gasteiger partial charge >= 0.3 is 0 Å². The lowest BCUT2D eigenvalue weighted by molar-refractivity contribution is 1.16. The molecule has 0 aliphatic carbocycles. The van der Waals surface area contributed by atoms with E-state index in [1.54, 1.807) is 0 Å². The van der Waals surface area contributed by atoms with Crippen molar-refractivity contribution >= 4 is 32.3 Å². The van der Waals surface area contributed by atoms with Crippen LogP contribution in [0.2, 0.25) is 0 Å². The summed E-state index contributed by atoms with van der Waals surface area (Å²) >= 11 is 0. The molecule has 4 rings (SSSR count). The number of rotatable bonds is 2. The van der Waals surface area contributed by atoms with Crippen molar-refractivity contribution in [2.45, 2.75) is 26.7 Å². The topological polar surface area (TPSA) is 0 Å². The van der Waals surface area contributed by atoms with Crippen LogP contribution in [0.5, 0.6) is 0 Å². The maximum absolute atomic E-state index is 2.38. The van der Waals surface area contributed by atoms with Crippen LogP contribution in [0, 0.1) is 0 Å². The standard InChI is InChI=1S/C20H18/c1-3-13-11-15-7-6-10-18-14(4-2)12-16-8-5-9-17(13)19(16)20(15)18/h5-12H,3-4H2,1-2H3. The lowest BCUT2D eigenvalue weighted by atomic mass is 9.88.